The van der Waals surface area contributed by atoms with Gasteiger partial charge in [-0.15, -0.1) is 0 Å². The highest BCUT2D eigenvalue weighted by molar-refractivity contribution is 6.30. The topological polar surface area (TPSA) is 39.4 Å². The fourth-order valence-corrected chi connectivity index (χ4v) is 18.5. The highest BCUT2D eigenvalue weighted by Gasteiger charge is 2.25. The second-order valence-corrected chi connectivity index (χ2v) is 31.0. The SMILES string of the molecule is [2H]c1c(-c2c3c([2H])c([2H])c([2H])c([2H])c3c(-c3cc4ccccc4c4ccccc34)c3c([2H])c([2H])c([2H])c([2H])c23)c([2H])c2c(oc3c([2H])c([2H])c4c([2H])c([2H])c([2H])c([2H])c4c32)c1[2H].[2H]c1c(-c2c3c([2H])c([2H])c([2H])c([2H])c3c(-c3ccc4c(ccc5ccccc54)c3)c3c([2H])c([2H])c([2H])c([2H])c23)c([2H])c2c(oc3c([2H])c([2H])c4c([2H])c([2H])c([2H])c([2H])c4c32)c1[2H].[2H]c1c(-c2c3c([2H])c([2H])c([2H])c([2H])c3c(-c3ccc4ccccc4c3)c3c([2H])c([2H])c([2H])c([2H])c23)c([2H])c2c(oc3c([2H])c([2H])c4c([2H])c([2H])c([2H])c([2H])c4c32)c1[2H]. The molecule has 0 saturated heterocycles. The molecule has 0 bridgehead atoms. The summed E-state index contributed by atoms with van der Waals surface area (Å²) in [6.45, 7) is 0. The number of hydrogen-bond donors (Lipinski definition) is 0. The summed E-state index contributed by atoms with van der Waals surface area (Å²) >= 11 is 0. The third-order valence-electron chi connectivity index (χ3n) is 24.1. The van der Waals surface area contributed by atoms with Crippen LogP contribution in [0.2, 0.25) is 0 Å². The molecule has 3 aromatic heterocycles. The minimum atomic E-state index is -0.739. The van der Waals surface area contributed by atoms with Gasteiger partial charge >= 0.3 is 0 Å². The van der Waals surface area contributed by atoms with Crippen LogP contribution in [0.5, 0.6) is 0 Å². The van der Waals surface area contributed by atoms with E-state index in [0.717, 1.165) is 48.5 Å². The van der Waals surface area contributed by atoms with Crippen molar-refractivity contribution in [3.05, 3.63) is 460 Å². The number of rotatable bonds is 6. The highest BCUT2D eigenvalue weighted by Crippen LogP contribution is 2.52. The maximum absolute atomic E-state index is 9.89. The van der Waals surface area contributed by atoms with E-state index < -0.39 is 358 Å². The Morgan fingerprint density at radius 1 is 0.145 bits per heavy atom. The number of fused-ring (bicyclic) bond motifs is 28. The average Bonchev–Trinajstić information content (AvgIpc) is 1.27. The maximum atomic E-state index is 9.89. The van der Waals surface area contributed by atoms with Gasteiger partial charge in [-0.1, -0.05) is 387 Å². The van der Waals surface area contributed by atoms with E-state index in [1.54, 1.807) is 54.6 Å². The van der Waals surface area contributed by atoms with Gasteiger partial charge in [0, 0.05) is 32.3 Å². The summed E-state index contributed by atoms with van der Waals surface area (Å²) in [4.78, 5) is 0. The molecular weight excluding hydrogens is 1590 g/mol. The third-order valence-corrected chi connectivity index (χ3v) is 24.1. The lowest BCUT2D eigenvalue weighted by Gasteiger charge is -2.19. The van der Waals surface area contributed by atoms with Gasteiger partial charge in [-0.05, 0) is 290 Å². The Balaban J connectivity index is 0.000000127. The van der Waals surface area contributed by atoms with Crippen LogP contribution < -0.4 is 0 Å². The molecule has 0 N–H and O–H groups in total. The van der Waals surface area contributed by atoms with E-state index in [4.69, 9.17) is 54.4 Å². The minimum Gasteiger partial charge on any atom is -0.456 e. The van der Waals surface area contributed by atoms with E-state index in [2.05, 4.69) is 0 Å². The van der Waals surface area contributed by atoms with Crippen molar-refractivity contribution < 1.29 is 83.2 Å². The van der Waals surface area contributed by atoms with Crippen molar-refractivity contribution in [2.45, 2.75) is 0 Å². The van der Waals surface area contributed by atoms with Crippen molar-refractivity contribution >= 4 is 217 Å². The predicted molar refractivity (Wildman–Crippen MR) is 559 cm³/mol. The quantitative estimate of drug-likeness (QED) is 0.123. The Morgan fingerprint density at radius 3 is 0.817 bits per heavy atom. The van der Waals surface area contributed by atoms with Crippen LogP contribution in [0.25, 0.3) is 283 Å². The largest absolute Gasteiger partial charge is 0.456 e. The number of benzene rings is 26. The van der Waals surface area contributed by atoms with Crippen LogP contribution in [0, 0.1) is 0 Å². The normalized spacial score (nSPS) is 17.4. The number of furan rings is 3. The Hall–Kier alpha value is -17.2. The van der Waals surface area contributed by atoms with Gasteiger partial charge in [0.15, 0.2) is 0 Å². The molecule has 606 valence electrons. The third kappa shape index (κ3) is 11.8. The smallest absolute Gasteiger partial charge is 0.136 e. The van der Waals surface area contributed by atoms with E-state index in [9.17, 15) is 28.8 Å². The van der Waals surface area contributed by atoms with Crippen LogP contribution in [0.3, 0.4) is 0 Å². The second kappa shape index (κ2) is 29.7. The van der Waals surface area contributed by atoms with Gasteiger partial charge < -0.3 is 13.3 Å². The zero-order valence-corrected chi connectivity index (χ0v) is 67.2. The van der Waals surface area contributed by atoms with Crippen LogP contribution in [-0.4, -0.2) is 0 Å². The van der Waals surface area contributed by atoms with Crippen molar-refractivity contribution in [3.63, 3.8) is 0 Å². The summed E-state index contributed by atoms with van der Waals surface area (Å²) in [6.07, 6.45) is 0. The average molecular weight is 1710 g/mol. The molecule has 3 heteroatoms. The fourth-order valence-electron chi connectivity index (χ4n) is 18.5. The zero-order chi connectivity index (χ0) is 130. The van der Waals surface area contributed by atoms with Gasteiger partial charge in [-0.25, -0.2) is 0 Å². The summed E-state index contributed by atoms with van der Waals surface area (Å²) in [6, 6.07) is 12.3. The molecule has 0 atom stereocenters. The highest BCUT2D eigenvalue weighted by atomic mass is 16.3. The van der Waals surface area contributed by atoms with Gasteiger partial charge in [-0.3, -0.25) is 0 Å². The van der Waals surface area contributed by atoms with E-state index in [1.807, 2.05) is 97.1 Å². The minimum absolute atomic E-state index is 0.0376. The molecule has 29 rings (SSSR count). The molecule has 131 heavy (non-hydrogen) atoms. The summed E-state index contributed by atoms with van der Waals surface area (Å²) in [5.74, 6) is 0. The molecule has 0 unspecified atom stereocenters. The van der Waals surface area contributed by atoms with Crippen LogP contribution in [0.15, 0.2) is 473 Å². The van der Waals surface area contributed by atoms with E-state index in [1.165, 1.54) is 0 Å². The van der Waals surface area contributed by atoms with Crippen molar-refractivity contribution in [2.75, 3.05) is 0 Å². The monoisotopic (exact) mass is 1710 g/mol. The number of hydrogen-bond acceptors (Lipinski definition) is 3. The van der Waals surface area contributed by atoms with Crippen molar-refractivity contribution in [1.82, 2.24) is 0 Å². The summed E-state index contributed by atoms with van der Waals surface area (Å²) in [7, 11) is 0. The van der Waals surface area contributed by atoms with Crippen LogP contribution in [-0.2, 0) is 0 Å². The lowest BCUT2D eigenvalue weighted by molar-refractivity contribution is 0.669. The van der Waals surface area contributed by atoms with E-state index in [-0.39, 0.29) is 163 Å². The van der Waals surface area contributed by atoms with E-state index in [0.29, 0.717) is 22.1 Å². The predicted octanol–water partition coefficient (Wildman–Crippen LogP) is 36.9. The first-order chi connectivity index (χ1) is 86.2. The van der Waals surface area contributed by atoms with Gasteiger partial charge in [0.05, 0.1) is 69.9 Å². The van der Waals surface area contributed by atoms with Crippen molar-refractivity contribution in [2.24, 2.45) is 0 Å². The lowest BCUT2D eigenvalue weighted by atomic mass is 9.83. The van der Waals surface area contributed by atoms with Crippen molar-refractivity contribution in [3.8, 4) is 66.8 Å². The molecule has 0 spiro atoms. The molecule has 0 saturated carbocycles. The van der Waals surface area contributed by atoms with Gasteiger partial charge in [0.1, 0.15) is 33.5 Å². The van der Waals surface area contributed by atoms with Gasteiger partial charge in [0.2, 0.25) is 0 Å². The van der Waals surface area contributed by atoms with Crippen molar-refractivity contribution in [1.29, 1.82) is 0 Å². The first-order valence-electron chi connectivity index (χ1n) is 66.5. The summed E-state index contributed by atoms with van der Waals surface area (Å²) < 4.78 is 477. The first-order valence-corrected chi connectivity index (χ1v) is 41.0. The summed E-state index contributed by atoms with van der Waals surface area (Å²) in [5, 5.41) is 1.45. The van der Waals surface area contributed by atoms with Gasteiger partial charge in [0.25, 0.3) is 0 Å². The molecule has 0 amide bonds. The Kier molecular flexibility index (Phi) is 9.01. The second-order valence-electron chi connectivity index (χ2n) is 31.0. The molecule has 0 radical (unpaired) electrons. The maximum Gasteiger partial charge on any atom is 0.136 e. The first kappa shape index (κ1) is 39.7. The molecule has 26 aromatic carbocycles. The van der Waals surface area contributed by atoms with Crippen LogP contribution in [0.4, 0.5) is 0 Å². The van der Waals surface area contributed by atoms with Crippen LogP contribution >= 0.6 is 0 Å². The molecular formula is C128H76O3. The Morgan fingerprint density at radius 2 is 0.412 bits per heavy atom. The molecule has 0 fully saturated rings. The molecule has 3 nitrogen and oxygen atoms in total. The standard InChI is InChI=1S/2C44H26O.C40H24O/c1-4-14-31-27(11-1)21-24-41-44(31)39-26-29(22-23-40(39)45-41)42-34-17-7-9-19-36(34)43(37-20-10-8-18-35(37)42)38-25-28-12-2-3-13-30(28)32-15-5-6-16-33(32)38;1-3-11-32-27(9-1)17-18-29-25-30(19-22-33(29)32)42-35-13-5-7-15-37(35)43(38-16-8-6-14-36(38)42)31-21-23-40-39(26-31)44-34-12-4-2-10-28(34)20-24-41(44)45-40;1-2-11-27-23-28(18-17-25(27)9-1)38-31-13-5-7-15-33(31)39(34-16-8-6-14-32(34)38)29-20-21-36-35(24-29)40-30-12-4-3-10-26(30)19-22-37(40)41-36/h2*1-26H;1-24H/i1D,4D,7D,8D,9D,10D,11D,14D,17D,18D,19D,20D,21D,22D,23D,24D,26D;2D,4D,5D,6D,7D,8D,10D,12D,13D,14D,15D,16D,20D,21D,23D,24D,26D;3D,4D,5D,6D,7D,8D,10D,12D,13D,14D,15D,16D,19D,20D,21D,22D,24D. The zero-order valence-electron chi connectivity index (χ0n) is 118. The molecule has 3 heterocycles. The Labute approximate surface area is 824 Å². The van der Waals surface area contributed by atoms with Crippen LogP contribution in [0.1, 0.15) is 69.9 Å². The Bertz CT molecular complexity index is 13000. The summed E-state index contributed by atoms with van der Waals surface area (Å²) in [5.41, 5.74) is -3.96. The molecule has 0 aliphatic heterocycles. The van der Waals surface area contributed by atoms with Gasteiger partial charge in [-0.2, -0.15) is 0 Å². The molecule has 29 aromatic rings. The molecule has 0 aliphatic carbocycles. The van der Waals surface area contributed by atoms with E-state index >= 15 is 0 Å². The fraction of sp³-hybridized carbons (Fsp3) is 0. The molecule has 0 aliphatic rings. The lowest BCUT2D eigenvalue weighted by Crippen LogP contribution is -1.92.